The quantitative estimate of drug-likeness (QED) is 0.827. The van der Waals surface area contributed by atoms with Crippen molar-refractivity contribution in [3.63, 3.8) is 0 Å². The molecule has 9 heteroatoms. The molecule has 1 aromatic carbocycles. The molecule has 0 bridgehead atoms. The van der Waals surface area contributed by atoms with Crippen molar-refractivity contribution in [3.05, 3.63) is 28.0 Å². The molecule has 0 aliphatic rings. The molecule has 0 unspecified atom stereocenters. The summed E-state index contributed by atoms with van der Waals surface area (Å²) in [5, 5.41) is -0.768. The molecule has 0 spiro atoms. The number of rotatable bonds is 4. The average Bonchev–Trinajstić information content (AvgIpc) is 2.24. The Hall–Kier alpha value is -0.110. The lowest BCUT2D eigenvalue weighted by Crippen LogP contribution is -2.37. The molecular weight excluding hydrogens is 326 g/mol. The smallest absolute Gasteiger partial charge is 0.242 e. The van der Waals surface area contributed by atoms with Crippen LogP contribution in [0.1, 0.15) is 6.92 Å². The number of hydrogen-bond donors (Lipinski definition) is 2. The van der Waals surface area contributed by atoms with E-state index in [2.05, 4.69) is 4.72 Å². The second-order valence-electron chi connectivity index (χ2n) is 3.43. The van der Waals surface area contributed by atoms with Gasteiger partial charge in [-0.25, -0.2) is 17.5 Å². The van der Waals surface area contributed by atoms with Crippen molar-refractivity contribution >= 4 is 45.6 Å². The van der Waals surface area contributed by atoms with Gasteiger partial charge in [-0.1, -0.05) is 23.2 Å². The van der Waals surface area contributed by atoms with Gasteiger partial charge in [0.25, 0.3) is 0 Å². The first kappa shape index (κ1) is 17.9. The lowest BCUT2D eigenvalue weighted by molar-refractivity contribution is 0.560. The van der Waals surface area contributed by atoms with Crippen LogP contribution in [0.3, 0.4) is 0 Å². The van der Waals surface area contributed by atoms with E-state index in [4.69, 9.17) is 28.9 Å². The summed E-state index contributed by atoms with van der Waals surface area (Å²) in [5.41, 5.74) is 5.29. The second kappa shape index (κ2) is 6.88. The highest BCUT2D eigenvalue weighted by molar-refractivity contribution is 7.89. The fourth-order valence-electron chi connectivity index (χ4n) is 1.09. The molecule has 1 rings (SSSR count). The summed E-state index contributed by atoms with van der Waals surface area (Å²) in [6.45, 7) is 1.70. The van der Waals surface area contributed by atoms with Crippen LogP contribution < -0.4 is 10.5 Å². The molecule has 0 saturated carbocycles. The second-order valence-corrected chi connectivity index (χ2v) is 5.90. The molecule has 4 nitrogen and oxygen atoms in total. The third-order valence-corrected chi connectivity index (χ3v) is 4.40. The molecule has 0 aromatic heterocycles. The summed E-state index contributed by atoms with van der Waals surface area (Å²) in [6.07, 6.45) is 0. The van der Waals surface area contributed by atoms with Crippen LogP contribution in [0.15, 0.2) is 17.0 Å². The maximum atomic E-state index is 13.4. The van der Waals surface area contributed by atoms with E-state index in [0.29, 0.717) is 0 Å². The summed E-state index contributed by atoms with van der Waals surface area (Å²) in [4.78, 5) is -0.360. The minimum Gasteiger partial charge on any atom is -0.329 e. The van der Waals surface area contributed by atoms with Gasteiger partial charge in [0.1, 0.15) is 4.90 Å². The number of nitrogens with two attached hydrogens (primary N) is 1. The summed E-state index contributed by atoms with van der Waals surface area (Å²) in [5.74, 6) is -0.961. The monoisotopic (exact) mass is 336 g/mol. The van der Waals surface area contributed by atoms with E-state index in [1.807, 2.05) is 0 Å². The number of halogens is 4. The zero-order valence-electron chi connectivity index (χ0n) is 9.28. The van der Waals surface area contributed by atoms with Crippen molar-refractivity contribution < 1.29 is 12.8 Å². The zero-order chi connectivity index (χ0) is 13.2. The van der Waals surface area contributed by atoms with Crippen LogP contribution in [0, 0.1) is 5.82 Å². The summed E-state index contributed by atoms with van der Waals surface area (Å²) in [6, 6.07) is 1.79. The molecule has 18 heavy (non-hydrogen) atoms. The van der Waals surface area contributed by atoms with Crippen molar-refractivity contribution in [2.24, 2.45) is 5.73 Å². The summed E-state index contributed by atoms with van der Waals surface area (Å²) >= 11 is 11.1. The molecule has 0 saturated heterocycles. The highest BCUT2D eigenvalue weighted by Gasteiger charge is 2.23. The molecule has 104 valence electrons. The maximum Gasteiger partial charge on any atom is 0.242 e. The van der Waals surface area contributed by atoms with Crippen LogP contribution in [0.4, 0.5) is 4.39 Å². The standard InChI is InChI=1S/C9H11Cl2FN2O2S.ClH/c1-5(4-13)14-17(15,16)7-3-2-6(10)9(12)8(7)11;/h2-3,5,14H,4,13H2,1H3;1H/t5-;/m1./s1. The number of hydrogen-bond acceptors (Lipinski definition) is 3. The fraction of sp³-hybridized carbons (Fsp3) is 0.333. The SMILES string of the molecule is C[C@H](CN)NS(=O)(=O)c1ccc(Cl)c(F)c1Cl.Cl. The minimum atomic E-state index is -3.90. The first-order valence-corrected chi connectivity index (χ1v) is 6.89. The molecule has 0 aliphatic heterocycles. The van der Waals surface area contributed by atoms with Gasteiger partial charge in [0.15, 0.2) is 5.82 Å². The van der Waals surface area contributed by atoms with Gasteiger partial charge in [-0.2, -0.15) is 0 Å². The lowest BCUT2D eigenvalue weighted by atomic mass is 10.3. The minimum absolute atomic E-state index is 0. The highest BCUT2D eigenvalue weighted by Crippen LogP contribution is 2.29. The van der Waals surface area contributed by atoms with Gasteiger partial charge in [-0.3, -0.25) is 0 Å². The average molecular weight is 338 g/mol. The molecule has 0 fully saturated rings. The first-order valence-electron chi connectivity index (χ1n) is 4.65. The van der Waals surface area contributed by atoms with E-state index in [1.54, 1.807) is 6.92 Å². The molecule has 0 amide bonds. The number of sulfonamides is 1. The largest absolute Gasteiger partial charge is 0.329 e. The van der Waals surface area contributed by atoms with E-state index in [0.717, 1.165) is 12.1 Å². The van der Waals surface area contributed by atoms with Crippen molar-refractivity contribution in [1.29, 1.82) is 0 Å². The Balaban J connectivity index is 0.00000289. The van der Waals surface area contributed by atoms with Crippen LogP contribution in [0.2, 0.25) is 10.0 Å². The fourth-order valence-corrected chi connectivity index (χ4v) is 3.09. The Labute approximate surface area is 121 Å². The Morgan fingerprint density at radius 1 is 1.44 bits per heavy atom. The van der Waals surface area contributed by atoms with Crippen molar-refractivity contribution in [3.8, 4) is 0 Å². The van der Waals surface area contributed by atoms with Crippen molar-refractivity contribution in [2.75, 3.05) is 6.54 Å². The predicted molar refractivity (Wildman–Crippen MR) is 72.5 cm³/mol. The van der Waals surface area contributed by atoms with Crippen LogP contribution in [-0.4, -0.2) is 21.0 Å². The van der Waals surface area contributed by atoms with Gasteiger partial charge in [0.05, 0.1) is 10.0 Å². The van der Waals surface area contributed by atoms with Gasteiger partial charge >= 0.3 is 0 Å². The van der Waals surface area contributed by atoms with E-state index in [1.165, 1.54) is 0 Å². The molecule has 1 atom stereocenters. The topological polar surface area (TPSA) is 72.2 Å². The van der Waals surface area contributed by atoms with E-state index >= 15 is 0 Å². The van der Waals surface area contributed by atoms with Gasteiger partial charge in [-0.15, -0.1) is 12.4 Å². The van der Waals surface area contributed by atoms with E-state index < -0.39 is 26.9 Å². The summed E-state index contributed by atoms with van der Waals surface area (Å²) < 4.78 is 39.3. The number of nitrogens with one attached hydrogen (secondary N) is 1. The Morgan fingerprint density at radius 2 is 2.00 bits per heavy atom. The Kier molecular flexibility index (Phi) is 6.84. The van der Waals surface area contributed by atoms with Crippen molar-refractivity contribution in [2.45, 2.75) is 17.9 Å². The molecule has 0 radical (unpaired) electrons. The predicted octanol–water partition coefficient (Wildman–Crippen LogP) is 2.18. The number of benzene rings is 1. The third kappa shape index (κ3) is 3.94. The molecular formula is C9H12Cl3FN2O2S. The van der Waals surface area contributed by atoms with E-state index in [9.17, 15) is 12.8 Å². The van der Waals surface area contributed by atoms with Gasteiger partial charge in [0.2, 0.25) is 10.0 Å². The van der Waals surface area contributed by atoms with Gasteiger partial charge in [-0.05, 0) is 19.1 Å². The van der Waals surface area contributed by atoms with Crippen LogP contribution in [-0.2, 0) is 10.0 Å². The van der Waals surface area contributed by atoms with Gasteiger partial charge < -0.3 is 5.73 Å². The maximum absolute atomic E-state index is 13.4. The highest BCUT2D eigenvalue weighted by atomic mass is 35.5. The van der Waals surface area contributed by atoms with Gasteiger partial charge in [0, 0.05) is 12.6 Å². The normalized spacial score (nSPS) is 12.9. The third-order valence-electron chi connectivity index (χ3n) is 2.00. The lowest BCUT2D eigenvalue weighted by Gasteiger charge is -2.13. The first-order chi connectivity index (χ1) is 7.79. The van der Waals surface area contributed by atoms with E-state index in [-0.39, 0.29) is 28.9 Å². The molecule has 3 N–H and O–H groups in total. The Morgan fingerprint density at radius 3 is 2.50 bits per heavy atom. The molecule has 1 aromatic rings. The van der Waals surface area contributed by atoms with Crippen LogP contribution >= 0.6 is 35.6 Å². The van der Waals surface area contributed by atoms with Crippen LogP contribution in [0.25, 0.3) is 0 Å². The summed E-state index contributed by atoms with van der Waals surface area (Å²) in [7, 11) is -3.90. The molecule has 0 aliphatic carbocycles. The van der Waals surface area contributed by atoms with Crippen LogP contribution in [0.5, 0.6) is 0 Å². The van der Waals surface area contributed by atoms with Crippen molar-refractivity contribution in [1.82, 2.24) is 4.72 Å². The molecule has 0 heterocycles. The zero-order valence-corrected chi connectivity index (χ0v) is 12.4. The Bertz CT molecular complexity index is 525.